The third kappa shape index (κ3) is 1.86. The van der Waals surface area contributed by atoms with E-state index in [0.29, 0.717) is 24.1 Å². The summed E-state index contributed by atoms with van der Waals surface area (Å²) in [6.07, 6.45) is 2.29. The van der Waals surface area contributed by atoms with Gasteiger partial charge >= 0.3 is 6.03 Å². The molecule has 0 aromatic heterocycles. The zero-order valence-electron chi connectivity index (χ0n) is 13.0. The third-order valence-electron chi connectivity index (χ3n) is 4.86. The Bertz CT molecular complexity index is 848. The SMILES string of the molecule is N#Cc1ccc(N2C(=O)N(c3ccccc3)C3(CCC3)C2=O)cc1. The fourth-order valence-corrected chi connectivity index (χ4v) is 3.47. The second-order valence-corrected chi connectivity index (χ2v) is 6.14. The number of nitrogens with zero attached hydrogens (tertiary/aromatic N) is 3. The molecule has 118 valence electrons. The van der Waals surface area contributed by atoms with Crippen LogP contribution in [0, 0.1) is 11.3 Å². The Morgan fingerprint density at radius 2 is 1.58 bits per heavy atom. The van der Waals surface area contributed by atoms with Gasteiger partial charge in [-0.2, -0.15) is 5.26 Å². The highest BCUT2D eigenvalue weighted by molar-refractivity contribution is 6.30. The maximum absolute atomic E-state index is 13.1. The minimum Gasteiger partial charge on any atom is -0.278 e. The molecule has 1 aliphatic heterocycles. The maximum Gasteiger partial charge on any atom is 0.336 e. The van der Waals surface area contributed by atoms with E-state index in [2.05, 4.69) is 0 Å². The number of amides is 3. The van der Waals surface area contributed by atoms with Crippen LogP contribution in [0.4, 0.5) is 16.2 Å². The molecule has 2 aromatic carbocycles. The molecule has 1 spiro atoms. The molecule has 0 unspecified atom stereocenters. The normalized spacial score (nSPS) is 18.6. The lowest BCUT2D eigenvalue weighted by Gasteiger charge is -2.42. The number of benzene rings is 2. The van der Waals surface area contributed by atoms with Crippen molar-refractivity contribution in [2.75, 3.05) is 9.80 Å². The molecule has 0 N–H and O–H groups in total. The number of carbonyl (C=O) groups is 2. The number of nitriles is 1. The van der Waals surface area contributed by atoms with Crippen LogP contribution < -0.4 is 9.80 Å². The molecular formula is C19H15N3O2. The summed E-state index contributed by atoms with van der Waals surface area (Å²) in [5.74, 6) is -0.174. The monoisotopic (exact) mass is 317 g/mol. The van der Waals surface area contributed by atoms with Gasteiger partial charge in [0.15, 0.2) is 0 Å². The molecule has 0 radical (unpaired) electrons. The number of urea groups is 1. The fourth-order valence-electron chi connectivity index (χ4n) is 3.47. The van der Waals surface area contributed by atoms with E-state index in [1.165, 1.54) is 4.90 Å². The van der Waals surface area contributed by atoms with Crippen LogP contribution in [0.15, 0.2) is 54.6 Å². The van der Waals surface area contributed by atoms with Crippen molar-refractivity contribution in [3.63, 3.8) is 0 Å². The van der Waals surface area contributed by atoms with Crippen molar-refractivity contribution < 1.29 is 9.59 Å². The van der Waals surface area contributed by atoms with E-state index in [9.17, 15) is 9.59 Å². The molecule has 0 atom stereocenters. The van der Waals surface area contributed by atoms with Crippen molar-refractivity contribution >= 4 is 23.3 Å². The second-order valence-electron chi connectivity index (χ2n) is 6.14. The van der Waals surface area contributed by atoms with Gasteiger partial charge in [-0.3, -0.25) is 9.69 Å². The lowest BCUT2D eigenvalue weighted by Crippen LogP contribution is -2.55. The number of hydrogen-bond acceptors (Lipinski definition) is 3. The first-order chi connectivity index (χ1) is 11.7. The third-order valence-corrected chi connectivity index (χ3v) is 4.86. The van der Waals surface area contributed by atoms with Gasteiger partial charge in [-0.05, 0) is 55.7 Å². The van der Waals surface area contributed by atoms with Crippen molar-refractivity contribution in [2.24, 2.45) is 0 Å². The first kappa shape index (κ1) is 14.5. The van der Waals surface area contributed by atoms with Crippen LogP contribution in [0.1, 0.15) is 24.8 Å². The van der Waals surface area contributed by atoms with Gasteiger partial charge < -0.3 is 0 Å². The standard InChI is InChI=1S/C19H15N3O2/c20-13-14-7-9-15(10-8-14)21-17(23)19(11-4-12-19)22(18(21)24)16-5-2-1-3-6-16/h1-3,5-10H,4,11-12H2. The molecule has 1 heterocycles. The summed E-state index contributed by atoms with van der Waals surface area (Å²) in [6.45, 7) is 0. The van der Waals surface area contributed by atoms with Crippen molar-refractivity contribution in [3.05, 3.63) is 60.2 Å². The fraction of sp³-hybridized carbons (Fsp3) is 0.211. The Hall–Kier alpha value is -3.13. The van der Waals surface area contributed by atoms with Crippen LogP contribution in [0.3, 0.4) is 0 Å². The summed E-state index contributed by atoms with van der Waals surface area (Å²) in [5.41, 5.74) is 0.989. The van der Waals surface area contributed by atoms with Crippen molar-refractivity contribution in [1.29, 1.82) is 5.26 Å². The van der Waals surface area contributed by atoms with Crippen LogP contribution in [0.25, 0.3) is 0 Å². The Kier molecular flexibility index (Phi) is 3.14. The van der Waals surface area contributed by atoms with Gasteiger partial charge in [0.2, 0.25) is 0 Å². The summed E-state index contributed by atoms with van der Waals surface area (Å²) in [7, 11) is 0. The Labute approximate surface area is 139 Å². The smallest absolute Gasteiger partial charge is 0.278 e. The van der Waals surface area contributed by atoms with Crippen molar-refractivity contribution in [1.82, 2.24) is 0 Å². The maximum atomic E-state index is 13.1. The largest absolute Gasteiger partial charge is 0.336 e. The van der Waals surface area contributed by atoms with E-state index in [0.717, 1.165) is 12.1 Å². The molecule has 2 aliphatic rings. The van der Waals surface area contributed by atoms with E-state index in [4.69, 9.17) is 5.26 Å². The second kappa shape index (κ2) is 5.20. The average molecular weight is 317 g/mol. The van der Waals surface area contributed by atoms with E-state index >= 15 is 0 Å². The summed E-state index contributed by atoms with van der Waals surface area (Å²) < 4.78 is 0. The Morgan fingerprint density at radius 3 is 2.12 bits per heavy atom. The van der Waals surface area contributed by atoms with Gasteiger partial charge in [-0.15, -0.1) is 0 Å². The highest BCUT2D eigenvalue weighted by Gasteiger charge is 2.61. The molecule has 2 fully saturated rings. The quantitative estimate of drug-likeness (QED) is 0.797. The van der Waals surface area contributed by atoms with Crippen LogP contribution >= 0.6 is 0 Å². The van der Waals surface area contributed by atoms with Gasteiger partial charge in [0.1, 0.15) is 5.54 Å². The van der Waals surface area contributed by atoms with Gasteiger partial charge in [-0.25, -0.2) is 9.69 Å². The first-order valence-electron chi connectivity index (χ1n) is 7.91. The van der Waals surface area contributed by atoms with E-state index in [1.807, 2.05) is 36.4 Å². The van der Waals surface area contributed by atoms with Gasteiger partial charge in [0, 0.05) is 5.69 Å². The summed E-state index contributed by atoms with van der Waals surface area (Å²) in [4.78, 5) is 29.0. The molecule has 2 aromatic rings. The molecule has 5 heteroatoms. The minimum absolute atomic E-state index is 0.174. The Balaban J connectivity index is 1.79. The molecule has 4 rings (SSSR count). The first-order valence-corrected chi connectivity index (χ1v) is 7.91. The number of anilines is 2. The average Bonchev–Trinajstić information content (AvgIpc) is 2.83. The lowest BCUT2D eigenvalue weighted by atomic mass is 9.75. The summed E-state index contributed by atoms with van der Waals surface area (Å²) in [5, 5.41) is 8.91. The summed E-state index contributed by atoms with van der Waals surface area (Å²) >= 11 is 0. The molecule has 1 aliphatic carbocycles. The molecule has 1 saturated heterocycles. The molecule has 3 amide bonds. The van der Waals surface area contributed by atoms with Crippen LogP contribution in [0.2, 0.25) is 0 Å². The molecule has 5 nitrogen and oxygen atoms in total. The van der Waals surface area contributed by atoms with E-state index in [-0.39, 0.29) is 11.9 Å². The lowest BCUT2D eigenvalue weighted by molar-refractivity contribution is -0.123. The number of imide groups is 1. The predicted octanol–water partition coefficient (Wildman–Crippen LogP) is 3.45. The van der Waals surface area contributed by atoms with Crippen LogP contribution in [0.5, 0.6) is 0 Å². The number of rotatable bonds is 2. The van der Waals surface area contributed by atoms with Gasteiger partial charge in [0.05, 0.1) is 17.3 Å². The molecule has 0 bridgehead atoms. The van der Waals surface area contributed by atoms with Crippen LogP contribution in [-0.2, 0) is 4.79 Å². The highest BCUT2D eigenvalue weighted by atomic mass is 16.2. The topological polar surface area (TPSA) is 64.4 Å². The van der Waals surface area contributed by atoms with E-state index < -0.39 is 5.54 Å². The van der Waals surface area contributed by atoms with Crippen LogP contribution in [-0.4, -0.2) is 17.5 Å². The zero-order valence-corrected chi connectivity index (χ0v) is 13.0. The molecule has 24 heavy (non-hydrogen) atoms. The van der Waals surface area contributed by atoms with Gasteiger partial charge in [0.25, 0.3) is 5.91 Å². The predicted molar refractivity (Wildman–Crippen MR) is 89.5 cm³/mol. The van der Waals surface area contributed by atoms with Crippen molar-refractivity contribution in [3.8, 4) is 6.07 Å². The highest BCUT2D eigenvalue weighted by Crippen LogP contribution is 2.47. The van der Waals surface area contributed by atoms with Gasteiger partial charge in [-0.1, -0.05) is 18.2 Å². The molecule has 1 saturated carbocycles. The number of para-hydroxylation sites is 1. The Morgan fingerprint density at radius 1 is 0.917 bits per heavy atom. The summed E-state index contributed by atoms with van der Waals surface area (Å²) in [6, 6.07) is 17.6. The van der Waals surface area contributed by atoms with Crippen molar-refractivity contribution in [2.45, 2.75) is 24.8 Å². The zero-order chi connectivity index (χ0) is 16.7. The minimum atomic E-state index is -0.758. The molecular weight excluding hydrogens is 302 g/mol. The number of hydrogen-bond donors (Lipinski definition) is 0. The van der Waals surface area contributed by atoms with E-state index in [1.54, 1.807) is 29.2 Å². The number of carbonyl (C=O) groups excluding carboxylic acids is 2.